The smallest absolute Gasteiger partial charge is 0.234 e. The van der Waals surface area contributed by atoms with Gasteiger partial charge in [-0.05, 0) is 36.6 Å². The predicted octanol–water partition coefficient (Wildman–Crippen LogP) is 1.87. The van der Waals surface area contributed by atoms with Gasteiger partial charge in [0, 0.05) is 18.5 Å². The molecular weight excluding hydrogens is 216 g/mol. The number of hydrogen-bond donors (Lipinski definition) is 1. The third kappa shape index (κ3) is 2.16. The SMILES string of the molecule is Cc1cc(N2C(=O)CC(C)CC2=O)ccc1N. The molecule has 0 radical (unpaired) electrons. The number of benzene rings is 1. The third-order valence-electron chi connectivity index (χ3n) is 3.06. The van der Waals surface area contributed by atoms with Crippen molar-refractivity contribution in [3.05, 3.63) is 23.8 Å². The zero-order chi connectivity index (χ0) is 12.6. The molecule has 2 N–H and O–H groups in total. The first-order valence-electron chi connectivity index (χ1n) is 5.71. The second kappa shape index (κ2) is 4.20. The van der Waals surface area contributed by atoms with Gasteiger partial charge < -0.3 is 5.73 Å². The molecular formula is C13H16N2O2. The fraction of sp³-hybridized carbons (Fsp3) is 0.385. The summed E-state index contributed by atoms with van der Waals surface area (Å²) in [6.07, 6.45) is 0.852. The Morgan fingerprint density at radius 3 is 2.35 bits per heavy atom. The summed E-state index contributed by atoms with van der Waals surface area (Å²) < 4.78 is 0. The zero-order valence-corrected chi connectivity index (χ0v) is 10.1. The largest absolute Gasteiger partial charge is 0.399 e. The Labute approximate surface area is 100 Å². The molecule has 0 unspecified atom stereocenters. The normalized spacial score (nSPS) is 17.6. The van der Waals surface area contributed by atoms with Crippen LogP contribution in [0, 0.1) is 12.8 Å². The van der Waals surface area contributed by atoms with Gasteiger partial charge in [-0.25, -0.2) is 0 Å². The van der Waals surface area contributed by atoms with Gasteiger partial charge in [0.1, 0.15) is 0 Å². The summed E-state index contributed by atoms with van der Waals surface area (Å²) in [4.78, 5) is 25.0. The Balaban J connectivity index is 2.35. The van der Waals surface area contributed by atoms with Crippen LogP contribution in [0.15, 0.2) is 18.2 Å². The lowest BCUT2D eigenvalue weighted by Gasteiger charge is -2.28. The maximum atomic E-state index is 11.9. The maximum absolute atomic E-state index is 11.9. The number of hydrogen-bond acceptors (Lipinski definition) is 3. The van der Waals surface area contributed by atoms with Gasteiger partial charge >= 0.3 is 0 Å². The monoisotopic (exact) mass is 232 g/mol. The van der Waals surface area contributed by atoms with E-state index in [9.17, 15) is 9.59 Å². The van der Waals surface area contributed by atoms with Crippen LogP contribution in [0.4, 0.5) is 11.4 Å². The Morgan fingerprint density at radius 1 is 1.24 bits per heavy atom. The van der Waals surface area contributed by atoms with Crippen molar-refractivity contribution in [3.63, 3.8) is 0 Å². The van der Waals surface area contributed by atoms with Crippen molar-refractivity contribution in [1.82, 2.24) is 0 Å². The molecule has 0 spiro atoms. The Kier molecular flexibility index (Phi) is 2.88. The lowest BCUT2D eigenvalue weighted by molar-refractivity contribution is -0.130. The molecule has 0 atom stereocenters. The molecule has 1 heterocycles. The van der Waals surface area contributed by atoms with E-state index in [2.05, 4.69) is 0 Å². The van der Waals surface area contributed by atoms with Gasteiger partial charge in [-0.2, -0.15) is 0 Å². The first kappa shape index (κ1) is 11.6. The van der Waals surface area contributed by atoms with Crippen molar-refractivity contribution in [2.75, 3.05) is 10.6 Å². The summed E-state index contributed by atoms with van der Waals surface area (Å²) in [6.45, 7) is 3.78. The minimum atomic E-state index is -0.127. The Hall–Kier alpha value is -1.84. The number of rotatable bonds is 1. The molecule has 1 aromatic carbocycles. The molecule has 1 aromatic rings. The molecule has 1 saturated heterocycles. The van der Waals surface area contributed by atoms with Crippen molar-refractivity contribution in [3.8, 4) is 0 Å². The number of nitrogens with zero attached hydrogens (tertiary/aromatic N) is 1. The highest BCUT2D eigenvalue weighted by molar-refractivity contribution is 6.16. The van der Waals surface area contributed by atoms with E-state index in [1.165, 1.54) is 4.90 Å². The van der Waals surface area contributed by atoms with Gasteiger partial charge in [-0.15, -0.1) is 0 Å². The van der Waals surface area contributed by atoms with Gasteiger partial charge in [0.25, 0.3) is 0 Å². The number of anilines is 2. The third-order valence-corrected chi connectivity index (χ3v) is 3.06. The highest BCUT2D eigenvalue weighted by Gasteiger charge is 2.31. The minimum absolute atomic E-state index is 0.127. The fourth-order valence-corrected chi connectivity index (χ4v) is 2.08. The van der Waals surface area contributed by atoms with E-state index in [0.29, 0.717) is 24.2 Å². The van der Waals surface area contributed by atoms with E-state index < -0.39 is 0 Å². The van der Waals surface area contributed by atoms with E-state index in [-0.39, 0.29) is 17.7 Å². The number of nitrogen functional groups attached to an aromatic ring is 1. The predicted molar refractivity (Wildman–Crippen MR) is 66.5 cm³/mol. The topological polar surface area (TPSA) is 63.4 Å². The molecule has 1 fully saturated rings. The molecule has 4 heteroatoms. The van der Waals surface area contributed by atoms with E-state index >= 15 is 0 Å². The van der Waals surface area contributed by atoms with Crippen LogP contribution in [0.3, 0.4) is 0 Å². The molecule has 90 valence electrons. The first-order chi connectivity index (χ1) is 7.99. The Bertz CT molecular complexity index is 464. The van der Waals surface area contributed by atoms with Crippen molar-refractivity contribution in [2.45, 2.75) is 26.7 Å². The molecule has 17 heavy (non-hydrogen) atoms. The summed E-state index contributed by atoms with van der Waals surface area (Å²) in [7, 11) is 0. The van der Waals surface area contributed by atoms with Crippen LogP contribution >= 0.6 is 0 Å². The molecule has 0 bridgehead atoms. The summed E-state index contributed by atoms with van der Waals surface area (Å²) in [5.41, 5.74) is 7.89. The first-order valence-corrected chi connectivity index (χ1v) is 5.71. The molecule has 1 aliphatic rings. The standard InChI is InChI=1S/C13H16N2O2/c1-8-5-12(16)15(13(17)6-8)10-3-4-11(14)9(2)7-10/h3-4,7-8H,5-6,14H2,1-2H3. The van der Waals surface area contributed by atoms with Crippen molar-refractivity contribution < 1.29 is 9.59 Å². The van der Waals surface area contributed by atoms with Gasteiger partial charge in [0.2, 0.25) is 11.8 Å². The summed E-state index contributed by atoms with van der Waals surface area (Å²) in [5.74, 6) is -0.114. The van der Waals surface area contributed by atoms with E-state index in [4.69, 9.17) is 5.73 Å². The van der Waals surface area contributed by atoms with Gasteiger partial charge in [-0.3, -0.25) is 14.5 Å². The molecule has 0 aromatic heterocycles. The van der Waals surface area contributed by atoms with Crippen molar-refractivity contribution >= 4 is 23.2 Å². The Morgan fingerprint density at radius 2 is 1.82 bits per heavy atom. The van der Waals surface area contributed by atoms with Gasteiger partial charge in [0.15, 0.2) is 0 Å². The highest BCUT2D eigenvalue weighted by atomic mass is 16.2. The second-order valence-electron chi connectivity index (χ2n) is 4.68. The number of amides is 2. The maximum Gasteiger partial charge on any atom is 0.234 e. The quantitative estimate of drug-likeness (QED) is 0.594. The van der Waals surface area contributed by atoms with Gasteiger partial charge in [-0.1, -0.05) is 6.92 Å². The van der Waals surface area contributed by atoms with Crippen LogP contribution in [0.1, 0.15) is 25.3 Å². The lowest BCUT2D eigenvalue weighted by Crippen LogP contribution is -2.42. The summed E-state index contributed by atoms with van der Waals surface area (Å²) in [6, 6.07) is 5.22. The van der Waals surface area contributed by atoms with E-state index in [1.807, 2.05) is 13.8 Å². The average Bonchev–Trinajstić information content (AvgIpc) is 2.21. The number of aryl methyl sites for hydroxylation is 1. The van der Waals surface area contributed by atoms with Crippen LogP contribution in [0.25, 0.3) is 0 Å². The number of imide groups is 1. The van der Waals surface area contributed by atoms with Crippen molar-refractivity contribution in [1.29, 1.82) is 0 Å². The lowest BCUT2D eigenvalue weighted by atomic mass is 9.97. The second-order valence-corrected chi connectivity index (χ2v) is 4.68. The average molecular weight is 232 g/mol. The number of carbonyl (C=O) groups is 2. The molecule has 2 amide bonds. The van der Waals surface area contributed by atoms with Gasteiger partial charge in [0.05, 0.1) is 5.69 Å². The van der Waals surface area contributed by atoms with Crippen LogP contribution in [0.5, 0.6) is 0 Å². The van der Waals surface area contributed by atoms with Crippen LogP contribution in [-0.2, 0) is 9.59 Å². The number of piperidine rings is 1. The fourth-order valence-electron chi connectivity index (χ4n) is 2.08. The minimum Gasteiger partial charge on any atom is -0.399 e. The molecule has 0 saturated carbocycles. The number of nitrogens with two attached hydrogens (primary N) is 1. The van der Waals surface area contributed by atoms with Crippen LogP contribution in [-0.4, -0.2) is 11.8 Å². The molecule has 0 aliphatic carbocycles. The van der Waals surface area contributed by atoms with Crippen LogP contribution in [0.2, 0.25) is 0 Å². The molecule has 1 aliphatic heterocycles. The number of carbonyl (C=O) groups excluding carboxylic acids is 2. The zero-order valence-electron chi connectivity index (χ0n) is 10.1. The highest BCUT2D eigenvalue weighted by Crippen LogP contribution is 2.27. The van der Waals surface area contributed by atoms with Crippen LogP contribution < -0.4 is 10.6 Å². The molecule has 4 nitrogen and oxygen atoms in total. The van der Waals surface area contributed by atoms with E-state index in [0.717, 1.165) is 5.56 Å². The summed E-state index contributed by atoms with van der Waals surface area (Å²) in [5, 5.41) is 0. The molecule has 2 rings (SSSR count). The summed E-state index contributed by atoms with van der Waals surface area (Å²) >= 11 is 0. The van der Waals surface area contributed by atoms with Crippen molar-refractivity contribution in [2.24, 2.45) is 5.92 Å². The van der Waals surface area contributed by atoms with E-state index in [1.54, 1.807) is 18.2 Å².